The highest BCUT2D eigenvalue weighted by atomic mass is 32.2. The van der Waals surface area contributed by atoms with E-state index in [1.165, 1.54) is 21.6 Å². The molecule has 7 nitrogen and oxygen atoms in total. The second-order valence-electron chi connectivity index (χ2n) is 7.22. The van der Waals surface area contributed by atoms with E-state index in [1.54, 1.807) is 18.4 Å². The number of hydrogen-bond acceptors (Lipinski definition) is 6. The van der Waals surface area contributed by atoms with Gasteiger partial charge in [0.2, 0.25) is 0 Å². The Hall–Kier alpha value is -1.13. The van der Waals surface area contributed by atoms with Crippen molar-refractivity contribution in [3.05, 3.63) is 23.8 Å². The molecule has 3 aliphatic rings. The molecule has 2 aromatic rings. The van der Waals surface area contributed by atoms with Crippen LogP contribution in [-0.4, -0.2) is 70.4 Å². The van der Waals surface area contributed by atoms with E-state index in [0.717, 1.165) is 37.0 Å². The van der Waals surface area contributed by atoms with E-state index >= 15 is 0 Å². The molecular formula is C16H23N5O2S2. The molecule has 3 fully saturated rings. The summed E-state index contributed by atoms with van der Waals surface area (Å²) in [6.45, 7) is 3.00. The summed E-state index contributed by atoms with van der Waals surface area (Å²) in [5.41, 5.74) is 3.10. The summed E-state index contributed by atoms with van der Waals surface area (Å²) in [6.07, 6.45) is 2.17. The van der Waals surface area contributed by atoms with Crippen molar-refractivity contribution in [2.45, 2.75) is 25.4 Å². The number of rotatable bonds is 4. The Morgan fingerprint density at radius 1 is 1.16 bits per heavy atom. The molecule has 0 amide bonds. The van der Waals surface area contributed by atoms with E-state index in [0.29, 0.717) is 19.0 Å². The zero-order chi connectivity index (χ0) is 17.6. The third-order valence-corrected chi connectivity index (χ3v) is 7.72. The van der Waals surface area contributed by atoms with E-state index < -0.39 is 10.2 Å². The van der Waals surface area contributed by atoms with Crippen LogP contribution in [0.2, 0.25) is 0 Å². The number of benzene rings is 1. The van der Waals surface area contributed by atoms with Crippen LogP contribution in [0.15, 0.2) is 18.2 Å². The van der Waals surface area contributed by atoms with E-state index in [2.05, 4.69) is 25.8 Å². The highest BCUT2D eigenvalue weighted by molar-refractivity contribution is 7.86. The van der Waals surface area contributed by atoms with Crippen LogP contribution >= 0.6 is 11.7 Å². The molecule has 2 atom stereocenters. The number of aromatic nitrogens is 2. The number of nitrogens with zero attached hydrogens (tertiary/aromatic N) is 5. The van der Waals surface area contributed by atoms with Gasteiger partial charge in [-0.05, 0) is 36.5 Å². The van der Waals surface area contributed by atoms with Gasteiger partial charge >= 0.3 is 0 Å². The molecule has 25 heavy (non-hydrogen) atoms. The summed E-state index contributed by atoms with van der Waals surface area (Å²) in [4.78, 5) is 2.44. The molecule has 5 rings (SSSR count). The van der Waals surface area contributed by atoms with Crippen LogP contribution in [0.5, 0.6) is 0 Å². The smallest absolute Gasteiger partial charge is 0.281 e. The Labute approximate surface area is 152 Å². The van der Waals surface area contributed by atoms with Gasteiger partial charge in [0.15, 0.2) is 0 Å². The highest BCUT2D eigenvalue weighted by Gasteiger charge is 2.39. The van der Waals surface area contributed by atoms with Gasteiger partial charge in [0, 0.05) is 46.3 Å². The lowest BCUT2D eigenvalue weighted by Gasteiger charge is -2.36. The lowest BCUT2D eigenvalue weighted by atomic mass is 9.94. The van der Waals surface area contributed by atoms with Crippen LogP contribution in [0.25, 0.3) is 11.0 Å². The molecule has 9 heteroatoms. The lowest BCUT2D eigenvalue weighted by molar-refractivity contribution is 0.125. The summed E-state index contributed by atoms with van der Waals surface area (Å²) in [5, 5.41) is 0. The monoisotopic (exact) mass is 381 g/mol. The molecule has 4 heterocycles. The molecule has 0 spiro atoms. The standard InChI is InChI=1S/C16H23N5O2S2/c1-19(2)25(22,23)21-10-13-3-5-14(11-21)20(9-13)8-12-4-6-15-16(7-12)18-24-17-15/h4,6-7,13-14H,3,5,8-11H2,1-2H3/t13-,14-/m1/s1. The summed E-state index contributed by atoms with van der Waals surface area (Å²) in [7, 11) is -0.127. The predicted octanol–water partition coefficient (Wildman–Crippen LogP) is 1.39. The van der Waals surface area contributed by atoms with E-state index in [-0.39, 0.29) is 6.04 Å². The number of piperidine rings is 1. The third kappa shape index (κ3) is 3.31. The first-order valence-electron chi connectivity index (χ1n) is 8.56. The fourth-order valence-corrected chi connectivity index (χ4v) is 5.65. The van der Waals surface area contributed by atoms with Crippen LogP contribution in [0.3, 0.4) is 0 Å². The van der Waals surface area contributed by atoms with Crippen molar-refractivity contribution in [2.24, 2.45) is 5.92 Å². The first-order chi connectivity index (χ1) is 11.9. The van der Waals surface area contributed by atoms with Gasteiger partial charge in [0.25, 0.3) is 10.2 Å². The molecular weight excluding hydrogens is 358 g/mol. The fourth-order valence-electron chi connectivity index (χ4n) is 3.91. The van der Waals surface area contributed by atoms with Crippen molar-refractivity contribution >= 4 is 33.0 Å². The second kappa shape index (κ2) is 6.55. The van der Waals surface area contributed by atoms with Crippen molar-refractivity contribution in [1.82, 2.24) is 22.3 Å². The zero-order valence-corrected chi connectivity index (χ0v) is 16.1. The van der Waals surface area contributed by atoms with Crippen molar-refractivity contribution < 1.29 is 8.42 Å². The number of hydrogen-bond donors (Lipinski definition) is 0. The van der Waals surface area contributed by atoms with E-state index in [9.17, 15) is 8.42 Å². The molecule has 0 saturated carbocycles. The summed E-state index contributed by atoms with van der Waals surface area (Å²) >= 11 is 1.24. The average Bonchev–Trinajstić information content (AvgIpc) is 2.84. The SMILES string of the molecule is CN(C)S(=O)(=O)N1C[C@@H]2CC[C@H](C1)N(Cc1ccc3nsnc3c1)C2. The summed E-state index contributed by atoms with van der Waals surface area (Å²) in [5.74, 6) is 0.401. The minimum Gasteiger partial charge on any atom is -0.294 e. The van der Waals surface area contributed by atoms with Crippen LogP contribution in [0, 0.1) is 5.92 Å². The van der Waals surface area contributed by atoms with Crippen LogP contribution in [0.1, 0.15) is 18.4 Å². The highest BCUT2D eigenvalue weighted by Crippen LogP contribution is 2.31. The van der Waals surface area contributed by atoms with Gasteiger partial charge < -0.3 is 0 Å². The fraction of sp³-hybridized carbons (Fsp3) is 0.625. The largest absolute Gasteiger partial charge is 0.294 e. The van der Waals surface area contributed by atoms with Gasteiger partial charge in [0.05, 0.1) is 11.7 Å². The molecule has 0 radical (unpaired) electrons. The first kappa shape index (κ1) is 17.3. The zero-order valence-electron chi connectivity index (χ0n) is 14.5. The Kier molecular flexibility index (Phi) is 4.53. The Morgan fingerprint density at radius 3 is 2.76 bits per heavy atom. The van der Waals surface area contributed by atoms with E-state index in [4.69, 9.17) is 0 Å². The maximum absolute atomic E-state index is 12.6. The normalized spacial score (nSPS) is 25.7. The first-order valence-corrected chi connectivity index (χ1v) is 10.7. The van der Waals surface area contributed by atoms with Crippen molar-refractivity contribution in [1.29, 1.82) is 0 Å². The lowest BCUT2D eigenvalue weighted by Crippen LogP contribution is -2.45. The topological polar surface area (TPSA) is 69.6 Å². The third-order valence-electron chi connectivity index (χ3n) is 5.29. The predicted molar refractivity (Wildman–Crippen MR) is 98.5 cm³/mol. The van der Waals surface area contributed by atoms with Gasteiger partial charge in [-0.15, -0.1) is 0 Å². The Bertz CT molecular complexity index is 866. The quantitative estimate of drug-likeness (QED) is 0.801. The second-order valence-corrected chi connectivity index (χ2v) is 9.89. The van der Waals surface area contributed by atoms with Gasteiger partial charge in [0.1, 0.15) is 11.0 Å². The Morgan fingerprint density at radius 2 is 1.96 bits per heavy atom. The van der Waals surface area contributed by atoms with Crippen LogP contribution < -0.4 is 0 Å². The molecule has 2 bridgehead atoms. The number of fused-ring (bicyclic) bond motifs is 5. The molecule has 1 aromatic heterocycles. The minimum atomic E-state index is -3.34. The molecule has 1 aromatic carbocycles. The van der Waals surface area contributed by atoms with Crippen LogP contribution in [-0.2, 0) is 16.8 Å². The van der Waals surface area contributed by atoms with Crippen molar-refractivity contribution in [3.63, 3.8) is 0 Å². The van der Waals surface area contributed by atoms with Gasteiger partial charge in [-0.1, -0.05) is 6.07 Å². The maximum Gasteiger partial charge on any atom is 0.281 e. The van der Waals surface area contributed by atoms with Crippen LogP contribution in [0.4, 0.5) is 0 Å². The Balaban J connectivity index is 1.54. The van der Waals surface area contributed by atoms with Crippen molar-refractivity contribution in [2.75, 3.05) is 33.7 Å². The molecule has 3 aliphatic heterocycles. The molecule has 3 saturated heterocycles. The summed E-state index contributed by atoms with van der Waals surface area (Å²) < 4.78 is 36.7. The average molecular weight is 382 g/mol. The van der Waals surface area contributed by atoms with E-state index in [1.807, 2.05) is 6.07 Å². The van der Waals surface area contributed by atoms with Gasteiger partial charge in [-0.25, -0.2) is 0 Å². The maximum atomic E-state index is 12.6. The van der Waals surface area contributed by atoms with Crippen molar-refractivity contribution in [3.8, 4) is 0 Å². The molecule has 0 N–H and O–H groups in total. The minimum absolute atomic E-state index is 0.276. The van der Waals surface area contributed by atoms with Gasteiger partial charge in [-0.3, -0.25) is 4.90 Å². The molecule has 136 valence electrons. The molecule has 0 aliphatic carbocycles. The van der Waals surface area contributed by atoms with Gasteiger partial charge in [-0.2, -0.15) is 25.8 Å². The summed E-state index contributed by atoms with van der Waals surface area (Å²) in [6, 6.07) is 6.51. The molecule has 0 unspecified atom stereocenters.